The van der Waals surface area contributed by atoms with Crippen LogP contribution in [-0.2, 0) is 0 Å². The van der Waals surface area contributed by atoms with Gasteiger partial charge in [-0.1, -0.05) is 36.4 Å². The minimum atomic E-state index is -0.299. The first-order chi connectivity index (χ1) is 13.1. The van der Waals surface area contributed by atoms with Gasteiger partial charge in [0.05, 0.1) is 25.5 Å². The number of methoxy groups -OCH3 is 1. The monoisotopic (exact) mass is 365 g/mol. The van der Waals surface area contributed by atoms with Crippen LogP contribution in [0.5, 0.6) is 11.5 Å². The highest BCUT2D eigenvalue weighted by molar-refractivity contribution is 5.94. The van der Waals surface area contributed by atoms with Crippen molar-refractivity contribution in [3.8, 4) is 17.2 Å². The van der Waals surface area contributed by atoms with Gasteiger partial charge in [0.25, 0.3) is 5.91 Å². The Morgan fingerprint density at radius 2 is 1.78 bits per heavy atom. The largest absolute Gasteiger partial charge is 0.493 e. The number of benzene rings is 2. The minimum Gasteiger partial charge on any atom is -0.493 e. The molecule has 27 heavy (non-hydrogen) atoms. The summed E-state index contributed by atoms with van der Waals surface area (Å²) in [5.74, 6) is 0.983. The molecule has 2 aromatic carbocycles. The van der Waals surface area contributed by atoms with Crippen LogP contribution < -0.4 is 14.8 Å². The van der Waals surface area contributed by atoms with Crippen LogP contribution in [0.25, 0.3) is 5.69 Å². The zero-order valence-corrected chi connectivity index (χ0v) is 15.7. The standard InChI is InChI=1S/C21H23N3O3/c1-15-8-7-9-16(2)20(15)27-13-12-22-21(25)19-18(26-3)14-24(23-19)17-10-5-4-6-11-17/h4-11,14H,12-13H2,1-3H3,(H,22,25). The first-order valence-corrected chi connectivity index (χ1v) is 8.76. The van der Waals surface area contributed by atoms with E-state index in [0.717, 1.165) is 22.6 Å². The van der Waals surface area contributed by atoms with Crippen molar-refractivity contribution in [3.63, 3.8) is 0 Å². The van der Waals surface area contributed by atoms with Gasteiger partial charge < -0.3 is 14.8 Å². The molecule has 0 saturated carbocycles. The SMILES string of the molecule is COc1cn(-c2ccccc2)nc1C(=O)NCCOc1c(C)cccc1C. The molecule has 1 N–H and O–H groups in total. The van der Waals surface area contributed by atoms with E-state index in [2.05, 4.69) is 10.4 Å². The zero-order valence-electron chi connectivity index (χ0n) is 15.7. The third-order valence-electron chi connectivity index (χ3n) is 4.18. The van der Waals surface area contributed by atoms with Gasteiger partial charge in [-0.2, -0.15) is 5.10 Å². The normalized spacial score (nSPS) is 10.5. The Morgan fingerprint density at radius 1 is 1.07 bits per heavy atom. The highest BCUT2D eigenvalue weighted by Gasteiger charge is 2.18. The van der Waals surface area contributed by atoms with E-state index >= 15 is 0 Å². The Morgan fingerprint density at radius 3 is 2.44 bits per heavy atom. The van der Waals surface area contributed by atoms with E-state index in [-0.39, 0.29) is 11.6 Å². The lowest BCUT2D eigenvalue weighted by Gasteiger charge is -2.12. The van der Waals surface area contributed by atoms with E-state index in [1.54, 1.807) is 10.9 Å². The van der Waals surface area contributed by atoms with E-state index in [1.165, 1.54) is 7.11 Å². The van der Waals surface area contributed by atoms with Crippen molar-refractivity contribution in [1.82, 2.24) is 15.1 Å². The van der Waals surface area contributed by atoms with Crippen molar-refractivity contribution >= 4 is 5.91 Å². The highest BCUT2D eigenvalue weighted by Crippen LogP contribution is 2.22. The molecule has 3 aromatic rings. The maximum Gasteiger partial charge on any atom is 0.275 e. The minimum absolute atomic E-state index is 0.244. The molecule has 0 bridgehead atoms. The molecule has 0 unspecified atom stereocenters. The summed E-state index contributed by atoms with van der Waals surface area (Å²) in [4.78, 5) is 12.5. The highest BCUT2D eigenvalue weighted by atomic mass is 16.5. The summed E-state index contributed by atoms with van der Waals surface area (Å²) >= 11 is 0. The fraction of sp³-hybridized carbons (Fsp3) is 0.238. The summed E-state index contributed by atoms with van der Waals surface area (Å²) in [6, 6.07) is 15.6. The molecule has 140 valence electrons. The number of ether oxygens (including phenoxy) is 2. The summed E-state index contributed by atoms with van der Waals surface area (Å²) in [7, 11) is 1.52. The van der Waals surface area contributed by atoms with Gasteiger partial charge in [0.1, 0.15) is 12.4 Å². The number of rotatable bonds is 7. The summed E-state index contributed by atoms with van der Waals surface area (Å²) in [5, 5.41) is 7.18. The van der Waals surface area contributed by atoms with Gasteiger partial charge in [-0.15, -0.1) is 0 Å². The summed E-state index contributed by atoms with van der Waals surface area (Å²) in [6.45, 7) is 4.75. The Kier molecular flexibility index (Phi) is 5.76. The predicted molar refractivity (Wildman–Crippen MR) is 104 cm³/mol. The number of aryl methyl sites for hydroxylation is 2. The van der Waals surface area contributed by atoms with Crippen molar-refractivity contribution in [1.29, 1.82) is 0 Å². The van der Waals surface area contributed by atoms with E-state index in [0.29, 0.717) is 18.9 Å². The quantitative estimate of drug-likeness (QED) is 0.653. The Labute approximate surface area is 158 Å². The lowest BCUT2D eigenvalue weighted by molar-refractivity contribution is 0.0938. The van der Waals surface area contributed by atoms with Gasteiger partial charge in [0.15, 0.2) is 11.4 Å². The predicted octanol–water partition coefficient (Wildman–Crippen LogP) is 3.31. The Hall–Kier alpha value is -3.28. The number of carbonyl (C=O) groups excluding carboxylic acids is 1. The number of carbonyl (C=O) groups is 1. The Balaban J connectivity index is 1.62. The van der Waals surface area contributed by atoms with E-state index in [1.807, 2.05) is 62.4 Å². The van der Waals surface area contributed by atoms with Crippen LogP contribution in [0.2, 0.25) is 0 Å². The molecule has 0 radical (unpaired) electrons. The molecule has 0 aliphatic heterocycles. The number of hydrogen-bond acceptors (Lipinski definition) is 4. The second kappa shape index (κ2) is 8.40. The summed E-state index contributed by atoms with van der Waals surface area (Å²) in [6.07, 6.45) is 1.69. The third kappa shape index (κ3) is 4.28. The average molecular weight is 365 g/mol. The Bertz CT molecular complexity index is 899. The third-order valence-corrected chi connectivity index (χ3v) is 4.18. The van der Waals surface area contributed by atoms with Gasteiger partial charge in [0, 0.05) is 0 Å². The van der Waals surface area contributed by atoms with Crippen LogP contribution in [0.15, 0.2) is 54.7 Å². The van der Waals surface area contributed by atoms with Crippen LogP contribution in [0.4, 0.5) is 0 Å². The topological polar surface area (TPSA) is 65.4 Å². The van der Waals surface area contributed by atoms with Crippen molar-refractivity contribution in [3.05, 3.63) is 71.5 Å². The molecule has 0 spiro atoms. The van der Waals surface area contributed by atoms with Crippen LogP contribution >= 0.6 is 0 Å². The number of nitrogens with zero attached hydrogens (tertiary/aromatic N) is 2. The van der Waals surface area contributed by atoms with Crippen LogP contribution in [0, 0.1) is 13.8 Å². The second-order valence-corrected chi connectivity index (χ2v) is 6.15. The lowest BCUT2D eigenvalue weighted by Crippen LogP contribution is -2.29. The molecule has 0 saturated heterocycles. The molecule has 1 amide bonds. The van der Waals surface area contributed by atoms with Gasteiger partial charge in [0.2, 0.25) is 0 Å². The molecule has 3 rings (SSSR count). The van der Waals surface area contributed by atoms with Crippen LogP contribution in [-0.4, -0.2) is 35.9 Å². The van der Waals surface area contributed by atoms with E-state index in [9.17, 15) is 4.79 Å². The first kappa shape index (κ1) is 18.5. The van der Waals surface area contributed by atoms with Crippen LogP contribution in [0.1, 0.15) is 21.6 Å². The molecule has 0 aliphatic rings. The average Bonchev–Trinajstić information content (AvgIpc) is 3.12. The number of aromatic nitrogens is 2. The number of amides is 1. The summed E-state index contributed by atoms with van der Waals surface area (Å²) in [5.41, 5.74) is 3.25. The van der Waals surface area contributed by atoms with Crippen molar-refractivity contribution in [2.24, 2.45) is 0 Å². The number of nitrogens with one attached hydrogen (secondary N) is 1. The summed E-state index contributed by atoms with van der Waals surface area (Å²) < 4.78 is 12.7. The van der Waals surface area contributed by atoms with Gasteiger partial charge in [-0.3, -0.25) is 4.79 Å². The molecule has 0 atom stereocenters. The molecule has 1 heterocycles. The molecule has 0 aliphatic carbocycles. The van der Waals surface area contributed by atoms with Crippen LogP contribution in [0.3, 0.4) is 0 Å². The zero-order chi connectivity index (χ0) is 19.2. The van der Waals surface area contributed by atoms with E-state index < -0.39 is 0 Å². The molecule has 1 aromatic heterocycles. The van der Waals surface area contributed by atoms with Crippen molar-refractivity contribution in [2.45, 2.75) is 13.8 Å². The maximum atomic E-state index is 12.5. The molecule has 0 fully saturated rings. The second-order valence-electron chi connectivity index (χ2n) is 6.15. The van der Waals surface area contributed by atoms with Gasteiger partial charge in [-0.25, -0.2) is 4.68 Å². The number of para-hydroxylation sites is 2. The number of hydrogen-bond donors (Lipinski definition) is 1. The fourth-order valence-electron chi connectivity index (χ4n) is 2.81. The smallest absolute Gasteiger partial charge is 0.275 e. The van der Waals surface area contributed by atoms with Gasteiger partial charge in [-0.05, 0) is 37.1 Å². The van der Waals surface area contributed by atoms with E-state index in [4.69, 9.17) is 9.47 Å². The van der Waals surface area contributed by atoms with Crippen molar-refractivity contribution < 1.29 is 14.3 Å². The molecular formula is C21H23N3O3. The van der Waals surface area contributed by atoms with Gasteiger partial charge >= 0.3 is 0 Å². The maximum absolute atomic E-state index is 12.5. The van der Waals surface area contributed by atoms with Crippen molar-refractivity contribution in [2.75, 3.05) is 20.3 Å². The fourth-order valence-corrected chi connectivity index (χ4v) is 2.81. The molecule has 6 nitrogen and oxygen atoms in total. The molecule has 6 heteroatoms. The lowest BCUT2D eigenvalue weighted by atomic mass is 10.1. The first-order valence-electron chi connectivity index (χ1n) is 8.76. The molecular weight excluding hydrogens is 342 g/mol.